The van der Waals surface area contributed by atoms with Gasteiger partial charge < -0.3 is 10.6 Å². The first-order chi connectivity index (χ1) is 5.07. The second-order valence-electron chi connectivity index (χ2n) is 1.90. The molecular formula is C5H11N3O3. The van der Waals surface area contributed by atoms with Gasteiger partial charge in [-0.3, -0.25) is 10.1 Å². The molecule has 1 unspecified atom stereocenters. The molecule has 0 aliphatic rings. The lowest BCUT2D eigenvalue weighted by Crippen LogP contribution is -2.46. The minimum atomic E-state index is -0.875. The number of amides is 3. The van der Waals surface area contributed by atoms with Crippen molar-refractivity contribution in [3.63, 3.8) is 0 Å². The van der Waals surface area contributed by atoms with E-state index in [1.165, 1.54) is 14.0 Å². The largest absolute Gasteiger partial charge is 0.351 e. The highest BCUT2D eigenvalue weighted by atomic mass is 16.6. The smallest absolute Gasteiger partial charge is 0.318 e. The Labute approximate surface area is 64.0 Å². The van der Waals surface area contributed by atoms with Gasteiger partial charge in [-0.15, -0.1) is 0 Å². The molecule has 0 radical (unpaired) electrons. The van der Waals surface area contributed by atoms with Gasteiger partial charge >= 0.3 is 6.03 Å². The highest BCUT2D eigenvalue weighted by Crippen LogP contribution is 1.79. The minimum absolute atomic E-state index is 0.528. The topological polar surface area (TPSA) is 93.4 Å². The number of urea groups is 1. The number of nitrogens with two attached hydrogens (primary N) is 1. The quantitative estimate of drug-likeness (QED) is 0.449. The molecule has 0 aromatic carbocycles. The normalized spacial score (nSPS) is 12.2. The Morgan fingerprint density at radius 1 is 1.55 bits per heavy atom. The first-order valence-corrected chi connectivity index (χ1v) is 2.96. The number of carbonyl (C=O) groups excluding carboxylic acids is 2. The Hall–Kier alpha value is -1.14. The number of nitrogens with one attached hydrogen (secondary N) is 2. The first kappa shape index (κ1) is 9.86. The third kappa shape index (κ3) is 4.29. The van der Waals surface area contributed by atoms with Crippen LogP contribution in [-0.2, 0) is 9.63 Å². The van der Waals surface area contributed by atoms with E-state index in [0.29, 0.717) is 0 Å². The molecule has 0 aromatic heterocycles. The zero-order valence-electron chi connectivity index (χ0n) is 6.38. The summed E-state index contributed by atoms with van der Waals surface area (Å²) in [6.07, 6.45) is 0. The minimum Gasteiger partial charge on any atom is -0.351 e. The van der Waals surface area contributed by atoms with Crippen LogP contribution in [0, 0.1) is 0 Å². The van der Waals surface area contributed by atoms with Gasteiger partial charge in [-0.25, -0.2) is 4.79 Å². The Bertz CT molecular complexity index is 159. The summed E-state index contributed by atoms with van der Waals surface area (Å²) in [5, 5.41) is 1.88. The predicted molar refractivity (Wildman–Crippen MR) is 37.3 cm³/mol. The summed E-state index contributed by atoms with van der Waals surface area (Å²) in [5.41, 5.74) is 7.02. The van der Waals surface area contributed by atoms with Crippen LogP contribution in [0.15, 0.2) is 0 Å². The van der Waals surface area contributed by atoms with Gasteiger partial charge in [0.25, 0.3) is 0 Å². The van der Waals surface area contributed by atoms with Crippen LogP contribution in [0.1, 0.15) is 6.92 Å². The molecule has 0 aliphatic carbocycles. The van der Waals surface area contributed by atoms with Crippen molar-refractivity contribution in [1.82, 2.24) is 10.8 Å². The highest BCUT2D eigenvalue weighted by molar-refractivity contribution is 5.95. The Morgan fingerprint density at radius 3 is 2.45 bits per heavy atom. The molecule has 0 rings (SSSR count). The molecule has 0 spiro atoms. The second kappa shape index (κ2) is 4.64. The fraction of sp³-hybridized carbons (Fsp3) is 0.600. The Balaban J connectivity index is 3.73. The van der Waals surface area contributed by atoms with Crippen LogP contribution in [-0.4, -0.2) is 25.1 Å². The van der Waals surface area contributed by atoms with Crippen LogP contribution in [0.2, 0.25) is 0 Å². The van der Waals surface area contributed by atoms with E-state index in [9.17, 15) is 9.59 Å². The number of primary amides is 1. The molecule has 1 atom stereocenters. The maximum atomic E-state index is 10.8. The van der Waals surface area contributed by atoms with E-state index in [1.807, 2.05) is 5.32 Å². The van der Waals surface area contributed by atoms with Crippen LogP contribution in [0.3, 0.4) is 0 Å². The van der Waals surface area contributed by atoms with E-state index >= 15 is 0 Å². The van der Waals surface area contributed by atoms with E-state index < -0.39 is 18.0 Å². The number of rotatable bonds is 3. The van der Waals surface area contributed by atoms with Gasteiger partial charge in [0.15, 0.2) is 0 Å². The molecule has 6 heteroatoms. The molecule has 0 saturated carbocycles. The summed E-state index contributed by atoms with van der Waals surface area (Å²) >= 11 is 0. The van der Waals surface area contributed by atoms with Gasteiger partial charge in [0, 0.05) is 0 Å². The lowest BCUT2D eigenvalue weighted by molar-refractivity contribution is -0.124. The van der Waals surface area contributed by atoms with Crippen LogP contribution < -0.4 is 16.5 Å². The van der Waals surface area contributed by atoms with Crippen molar-refractivity contribution in [3.05, 3.63) is 0 Å². The molecule has 64 valence electrons. The fourth-order valence-electron chi connectivity index (χ4n) is 0.460. The van der Waals surface area contributed by atoms with Crippen molar-refractivity contribution < 1.29 is 14.4 Å². The third-order valence-corrected chi connectivity index (χ3v) is 0.934. The summed E-state index contributed by atoms with van der Waals surface area (Å²) < 4.78 is 0. The van der Waals surface area contributed by atoms with Crippen molar-refractivity contribution in [2.24, 2.45) is 5.73 Å². The van der Waals surface area contributed by atoms with E-state index in [2.05, 4.69) is 16.1 Å². The lowest BCUT2D eigenvalue weighted by Gasteiger charge is -2.09. The summed E-state index contributed by atoms with van der Waals surface area (Å²) in [6.45, 7) is 1.53. The van der Waals surface area contributed by atoms with Gasteiger partial charge in [0.2, 0.25) is 5.91 Å². The predicted octanol–water partition coefficient (Wildman–Crippen LogP) is -1.28. The molecule has 0 aliphatic heterocycles. The van der Waals surface area contributed by atoms with E-state index in [0.717, 1.165) is 0 Å². The van der Waals surface area contributed by atoms with E-state index in [-0.39, 0.29) is 0 Å². The zero-order valence-corrected chi connectivity index (χ0v) is 6.38. The van der Waals surface area contributed by atoms with E-state index in [4.69, 9.17) is 0 Å². The van der Waals surface area contributed by atoms with Crippen molar-refractivity contribution >= 4 is 11.9 Å². The van der Waals surface area contributed by atoms with Crippen LogP contribution in [0.5, 0.6) is 0 Å². The van der Waals surface area contributed by atoms with Gasteiger partial charge in [0.05, 0.1) is 7.11 Å². The van der Waals surface area contributed by atoms with Crippen LogP contribution >= 0.6 is 0 Å². The first-order valence-electron chi connectivity index (χ1n) is 2.96. The van der Waals surface area contributed by atoms with Crippen molar-refractivity contribution in [2.75, 3.05) is 7.11 Å². The molecule has 0 fully saturated rings. The number of carbonyl (C=O) groups is 2. The SMILES string of the molecule is CONC(C)C(=O)NC(N)=O. The third-order valence-electron chi connectivity index (χ3n) is 0.934. The van der Waals surface area contributed by atoms with Gasteiger partial charge in [0.1, 0.15) is 6.04 Å². The summed E-state index contributed by atoms with van der Waals surface area (Å²) in [6, 6.07) is -1.48. The molecule has 6 nitrogen and oxygen atoms in total. The average molecular weight is 161 g/mol. The highest BCUT2D eigenvalue weighted by Gasteiger charge is 2.12. The maximum Gasteiger partial charge on any atom is 0.318 e. The molecule has 3 amide bonds. The lowest BCUT2D eigenvalue weighted by atomic mass is 10.3. The number of imide groups is 1. The molecule has 4 N–H and O–H groups in total. The van der Waals surface area contributed by atoms with Crippen molar-refractivity contribution in [3.8, 4) is 0 Å². The summed E-state index contributed by atoms with van der Waals surface area (Å²) in [7, 11) is 1.37. The monoisotopic (exact) mass is 161 g/mol. The van der Waals surface area contributed by atoms with Crippen molar-refractivity contribution in [2.45, 2.75) is 13.0 Å². The van der Waals surface area contributed by atoms with Crippen molar-refractivity contribution in [1.29, 1.82) is 0 Å². The summed E-state index contributed by atoms with van der Waals surface area (Å²) in [4.78, 5) is 25.4. The number of hydroxylamine groups is 1. The Kier molecular flexibility index (Phi) is 4.16. The molecule has 0 aromatic rings. The van der Waals surface area contributed by atoms with Crippen LogP contribution in [0.25, 0.3) is 0 Å². The molecule has 0 saturated heterocycles. The van der Waals surface area contributed by atoms with Gasteiger partial charge in [-0.1, -0.05) is 0 Å². The van der Waals surface area contributed by atoms with E-state index in [1.54, 1.807) is 0 Å². The maximum absolute atomic E-state index is 10.8. The second-order valence-corrected chi connectivity index (χ2v) is 1.90. The van der Waals surface area contributed by atoms with Crippen LogP contribution in [0.4, 0.5) is 4.79 Å². The Morgan fingerprint density at radius 2 is 2.09 bits per heavy atom. The number of hydrogen-bond donors (Lipinski definition) is 3. The van der Waals surface area contributed by atoms with Gasteiger partial charge in [-0.2, -0.15) is 5.48 Å². The molecule has 11 heavy (non-hydrogen) atoms. The zero-order chi connectivity index (χ0) is 8.85. The molecular weight excluding hydrogens is 150 g/mol. The fourth-order valence-corrected chi connectivity index (χ4v) is 0.460. The average Bonchev–Trinajstić information content (AvgIpc) is 1.86. The standard InChI is InChI=1S/C5H11N3O3/c1-3(8-11-2)4(9)7-5(6)10/h3,8H,1-2H3,(H3,6,7,9,10). The number of hydrogen-bond acceptors (Lipinski definition) is 4. The summed E-state index contributed by atoms with van der Waals surface area (Å²) in [5.74, 6) is -0.528. The van der Waals surface area contributed by atoms with Gasteiger partial charge in [-0.05, 0) is 6.92 Å². The molecule has 0 bridgehead atoms. The molecule has 0 heterocycles.